The lowest BCUT2D eigenvalue weighted by molar-refractivity contribution is -0.192. The van der Waals surface area contributed by atoms with E-state index in [4.69, 9.17) is 9.97 Å². The van der Waals surface area contributed by atoms with Crippen LogP contribution in [0.3, 0.4) is 0 Å². The SMILES string of the molecule is Cc1cnc(NC23CC4(C)CC(C)(CC(O)(C4)C2)C3)nc1-c1cnc2ccc(Nc3cccnc3)cn12. The van der Waals surface area contributed by atoms with Crippen LogP contribution in [0.5, 0.6) is 0 Å². The second kappa shape index (κ2) is 7.51. The van der Waals surface area contributed by atoms with Gasteiger partial charge in [-0.15, -0.1) is 0 Å². The topological polar surface area (TPSA) is 100 Å². The molecule has 37 heavy (non-hydrogen) atoms. The molecule has 190 valence electrons. The maximum absolute atomic E-state index is 11.5. The Bertz CT molecular complexity index is 1460. The van der Waals surface area contributed by atoms with Crippen LogP contribution in [-0.4, -0.2) is 40.6 Å². The number of hydrogen-bond donors (Lipinski definition) is 3. The van der Waals surface area contributed by atoms with E-state index in [1.807, 2.05) is 49.8 Å². The standard InChI is InChI=1S/C29H33N7O/c1-19-9-32-25(35-28-14-26(2)13-27(3,15-28)17-29(37,16-26)18-28)34-24(19)22-11-31-23-7-6-21(12-36(22)23)33-20-5-4-8-30-10-20/h4-12,33,37H,13-18H2,1-3H3,(H,32,34,35). The molecule has 2 unspecified atom stereocenters. The van der Waals surface area contributed by atoms with Gasteiger partial charge in [-0.3, -0.25) is 9.38 Å². The predicted molar refractivity (Wildman–Crippen MR) is 144 cm³/mol. The van der Waals surface area contributed by atoms with Crippen molar-refractivity contribution in [3.63, 3.8) is 0 Å². The minimum Gasteiger partial charge on any atom is -0.390 e. The lowest BCUT2D eigenvalue weighted by atomic mass is 9.41. The molecule has 4 heterocycles. The van der Waals surface area contributed by atoms with Gasteiger partial charge in [-0.25, -0.2) is 15.0 Å². The molecule has 4 aliphatic carbocycles. The summed E-state index contributed by atoms with van der Waals surface area (Å²) in [6.07, 6.45) is 15.2. The van der Waals surface area contributed by atoms with E-state index in [0.717, 1.165) is 66.1 Å². The monoisotopic (exact) mass is 495 g/mol. The van der Waals surface area contributed by atoms with Gasteiger partial charge in [0.25, 0.3) is 0 Å². The van der Waals surface area contributed by atoms with Gasteiger partial charge in [0.15, 0.2) is 0 Å². The van der Waals surface area contributed by atoms with Crippen LogP contribution in [0.2, 0.25) is 0 Å². The Morgan fingerprint density at radius 3 is 2.43 bits per heavy atom. The lowest BCUT2D eigenvalue weighted by Crippen LogP contribution is -2.67. The summed E-state index contributed by atoms with van der Waals surface area (Å²) >= 11 is 0. The average Bonchev–Trinajstić information content (AvgIpc) is 3.21. The van der Waals surface area contributed by atoms with Crippen molar-refractivity contribution in [3.8, 4) is 11.4 Å². The highest BCUT2D eigenvalue weighted by Crippen LogP contribution is 2.68. The smallest absolute Gasteiger partial charge is 0.223 e. The number of nitrogens with zero attached hydrogens (tertiary/aromatic N) is 5. The molecular formula is C29H33N7O. The van der Waals surface area contributed by atoms with Gasteiger partial charge in [0, 0.05) is 24.1 Å². The van der Waals surface area contributed by atoms with Crippen LogP contribution in [0.25, 0.3) is 17.0 Å². The number of nitrogens with one attached hydrogen (secondary N) is 2. The highest BCUT2D eigenvalue weighted by Gasteiger charge is 2.65. The first-order valence-electron chi connectivity index (χ1n) is 13.1. The number of hydrogen-bond acceptors (Lipinski definition) is 7. The summed E-state index contributed by atoms with van der Waals surface area (Å²) in [4.78, 5) is 18.5. The number of imidazole rings is 1. The van der Waals surface area contributed by atoms with Crippen LogP contribution in [0.15, 0.2) is 55.2 Å². The molecule has 8 heteroatoms. The number of rotatable bonds is 5. The van der Waals surface area contributed by atoms with E-state index in [-0.39, 0.29) is 16.4 Å². The summed E-state index contributed by atoms with van der Waals surface area (Å²) < 4.78 is 2.06. The van der Waals surface area contributed by atoms with Gasteiger partial charge in [-0.1, -0.05) is 13.8 Å². The van der Waals surface area contributed by atoms with Crippen LogP contribution in [0.1, 0.15) is 57.9 Å². The van der Waals surface area contributed by atoms with Crippen LogP contribution in [0.4, 0.5) is 17.3 Å². The molecule has 8 nitrogen and oxygen atoms in total. The third kappa shape index (κ3) is 3.85. The molecule has 2 atom stereocenters. The molecule has 4 aromatic rings. The first-order valence-corrected chi connectivity index (χ1v) is 13.1. The van der Waals surface area contributed by atoms with E-state index >= 15 is 0 Å². The Hall–Kier alpha value is -3.52. The largest absolute Gasteiger partial charge is 0.390 e. The zero-order valence-electron chi connectivity index (χ0n) is 21.6. The molecule has 4 aliphatic rings. The maximum atomic E-state index is 11.5. The summed E-state index contributed by atoms with van der Waals surface area (Å²) in [5, 5.41) is 18.6. The number of aryl methyl sites for hydroxylation is 1. The fourth-order valence-corrected chi connectivity index (χ4v) is 8.60. The highest BCUT2D eigenvalue weighted by atomic mass is 16.3. The summed E-state index contributed by atoms with van der Waals surface area (Å²) in [6.45, 7) is 6.73. The zero-order valence-corrected chi connectivity index (χ0v) is 21.6. The van der Waals surface area contributed by atoms with E-state index in [2.05, 4.69) is 38.8 Å². The first kappa shape index (κ1) is 22.7. The molecule has 0 radical (unpaired) electrons. The molecule has 4 saturated carbocycles. The third-order valence-corrected chi connectivity index (χ3v) is 8.61. The normalized spacial score (nSPS) is 32.1. The summed E-state index contributed by atoms with van der Waals surface area (Å²) in [7, 11) is 0. The van der Waals surface area contributed by atoms with Crippen molar-refractivity contribution in [1.29, 1.82) is 0 Å². The van der Waals surface area contributed by atoms with Gasteiger partial charge in [-0.2, -0.15) is 0 Å². The number of aromatic nitrogens is 5. The Morgan fingerprint density at radius 2 is 1.70 bits per heavy atom. The molecule has 4 bridgehead atoms. The molecule has 0 aromatic carbocycles. The van der Waals surface area contributed by atoms with Crippen molar-refractivity contribution < 1.29 is 5.11 Å². The third-order valence-electron chi connectivity index (χ3n) is 8.61. The second-order valence-electron chi connectivity index (χ2n) is 12.7. The van der Waals surface area contributed by atoms with Crippen LogP contribution >= 0.6 is 0 Å². The Kier molecular flexibility index (Phi) is 4.60. The Morgan fingerprint density at radius 1 is 0.892 bits per heavy atom. The fourth-order valence-electron chi connectivity index (χ4n) is 8.60. The number of fused-ring (bicyclic) bond motifs is 1. The lowest BCUT2D eigenvalue weighted by Gasteiger charge is -2.68. The zero-order chi connectivity index (χ0) is 25.5. The average molecular weight is 496 g/mol. The second-order valence-corrected chi connectivity index (χ2v) is 12.7. The van der Waals surface area contributed by atoms with Crippen LogP contribution < -0.4 is 10.6 Å². The van der Waals surface area contributed by atoms with Crippen molar-refractivity contribution in [1.82, 2.24) is 24.3 Å². The highest BCUT2D eigenvalue weighted by molar-refractivity contribution is 5.67. The molecule has 8 rings (SSSR count). The number of pyridine rings is 2. The molecule has 4 aromatic heterocycles. The van der Waals surface area contributed by atoms with Crippen molar-refractivity contribution in [2.75, 3.05) is 10.6 Å². The minimum absolute atomic E-state index is 0.151. The maximum Gasteiger partial charge on any atom is 0.223 e. The van der Waals surface area contributed by atoms with Crippen molar-refractivity contribution in [3.05, 3.63) is 60.8 Å². The van der Waals surface area contributed by atoms with Crippen molar-refractivity contribution >= 4 is 23.0 Å². The van der Waals surface area contributed by atoms with Gasteiger partial charge < -0.3 is 15.7 Å². The van der Waals surface area contributed by atoms with E-state index in [9.17, 15) is 5.11 Å². The van der Waals surface area contributed by atoms with Gasteiger partial charge in [0.1, 0.15) is 5.65 Å². The summed E-state index contributed by atoms with van der Waals surface area (Å²) in [5.74, 6) is 0.623. The number of anilines is 3. The van der Waals surface area contributed by atoms with Crippen molar-refractivity contribution in [2.24, 2.45) is 10.8 Å². The van der Waals surface area contributed by atoms with E-state index in [1.165, 1.54) is 6.42 Å². The Balaban J connectivity index is 1.23. The quantitative estimate of drug-likeness (QED) is 0.335. The van der Waals surface area contributed by atoms with Crippen LogP contribution in [-0.2, 0) is 0 Å². The molecule has 3 N–H and O–H groups in total. The Labute approximate surface area is 216 Å². The minimum atomic E-state index is -0.599. The molecule has 4 fully saturated rings. The molecule has 0 amide bonds. The summed E-state index contributed by atoms with van der Waals surface area (Å²) in [5.41, 5.74) is 4.99. The van der Waals surface area contributed by atoms with E-state index < -0.39 is 5.60 Å². The molecule has 0 spiro atoms. The molecular weight excluding hydrogens is 462 g/mol. The van der Waals surface area contributed by atoms with Gasteiger partial charge in [0.2, 0.25) is 5.95 Å². The first-order chi connectivity index (χ1) is 17.6. The van der Waals surface area contributed by atoms with Crippen molar-refractivity contribution in [2.45, 2.75) is 70.4 Å². The summed E-state index contributed by atoms with van der Waals surface area (Å²) in [6, 6.07) is 7.90. The fraction of sp³-hybridized carbons (Fsp3) is 0.448. The van der Waals surface area contributed by atoms with E-state index in [1.54, 1.807) is 12.4 Å². The van der Waals surface area contributed by atoms with Gasteiger partial charge >= 0.3 is 0 Å². The van der Waals surface area contributed by atoms with E-state index in [0.29, 0.717) is 5.95 Å². The predicted octanol–water partition coefficient (Wildman–Crippen LogP) is 5.51. The number of aliphatic hydroxyl groups is 1. The van der Waals surface area contributed by atoms with Gasteiger partial charge in [0.05, 0.1) is 40.8 Å². The molecule has 0 saturated heterocycles. The molecule has 0 aliphatic heterocycles. The van der Waals surface area contributed by atoms with Crippen LogP contribution in [0, 0.1) is 17.8 Å². The van der Waals surface area contributed by atoms with Gasteiger partial charge in [-0.05, 0) is 86.1 Å².